The fourth-order valence-electron chi connectivity index (χ4n) is 2.33. The summed E-state index contributed by atoms with van der Waals surface area (Å²) in [6.07, 6.45) is 4.28. The molecular weight excluding hydrogens is 200 g/mol. The van der Waals surface area contributed by atoms with Crippen LogP contribution in [0.5, 0.6) is 0 Å². The van der Waals surface area contributed by atoms with Gasteiger partial charge in [-0.15, -0.1) is 0 Å². The summed E-state index contributed by atoms with van der Waals surface area (Å²) in [7, 11) is 0. The van der Waals surface area contributed by atoms with Crippen molar-refractivity contribution in [3.8, 4) is 6.07 Å². The van der Waals surface area contributed by atoms with E-state index in [-0.39, 0.29) is 24.4 Å². The van der Waals surface area contributed by atoms with Gasteiger partial charge in [-0.1, -0.05) is 6.92 Å². The Morgan fingerprint density at radius 3 is 2.38 bits per heavy atom. The highest BCUT2D eigenvalue weighted by Crippen LogP contribution is 2.29. The molecule has 3 nitrogen and oxygen atoms in total. The number of carbonyl (C=O) groups is 1. The van der Waals surface area contributed by atoms with E-state index in [1.54, 1.807) is 4.90 Å². The monoisotopic (exact) mass is 222 g/mol. The average Bonchev–Trinajstić information content (AvgIpc) is 2.25. The summed E-state index contributed by atoms with van der Waals surface area (Å²) >= 11 is 0. The van der Waals surface area contributed by atoms with Crippen LogP contribution in [0.4, 0.5) is 0 Å². The Kier molecular flexibility index (Phi) is 4.79. The summed E-state index contributed by atoms with van der Waals surface area (Å²) in [6, 6.07) is 2.21. The van der Waals surface area contributed by atoms with Crippen LogP contribution in [-0.4, -0.2) is 23.4 Å². The standard InChI is InChI=1S/C13H22N2O/c1-10(2)15(9-8-14)13(16)12-6-4-11(3)5-7-12/h10-12H,4-7,9H2,1-3H3. The second-order valence-electron chi connectivity index (χ2n) is 5.17. The number of hydrogen-bond donors (Lipinski definition) is 0. The first-order valence-corrected chi connectivity index (χ1v) is 6.23. The highest BCUT2D eigenvalue weighted by atomic mass is 16.2. The largest absolute Gasteiger partial charge is 0.327 e. The summed E-state index contributed by atoms with van der Waals surface area (Å²) in [4.78, 5) is 13.9. The van der Waals surface area contributed by atoms with Gasteiger partial charge < -0.3 is 4.90 Å². The first-order valence-electron chi connectivity index (χ1n) is 6.23. The maximum Gasteiger partial charge on any atom is 0.226 e. The first kappa shape index (κ1) is 13.0. The SMILES string of the molecule is CC1CCC(C(=O)N(CC#N)C(C)C)CC1. The molecule has 0 radical (unpaired) electrons. The molecule has 3 heteroatoms. The van der Waals surface area contributed by atoms with Crippen LogP contribution in [0, 0.1) is 23.2 Å². The van der Waals surface area contributed by atoms with E-state index in [0.29, 0.717) is 0 Å². The van der Waals surface area contributed by atoms with Gasteiger partial charge in [-0.2, -0.15) is 5.26 Å². The molecule has 0 atom stereocenters. The first-order chi connectivity index (χ1) is 7.56. The zero-order chi connectivity index (χ0) is 12.1. The van der Waals surface area contributed by atoms with Crippen molar-refractivity contribution in [2.45, 2.75) is 52.5 Å². The molecule has 1 rings (SSSR count). The van der Waals surface area contributed by atoms with Gasteiger partial charge in [-0.05, 0) is 45.4 Å². The van der Waals surface area contributed by atoms with Gasteiger partial charge in [0.1, 0.15) is 6.54 Å². The van der Waals surface area contributed by atoms with Crippen molar-refractivity contribution < 1.29 is 4.79 Å². The third-order valence-electron chi connectivity index (χ3n) is 3.51. The molecule has 1 aliphatic carbocycles. The molecule has 0 bridgehead atoms. The second kappa shape index (κ2) is 5.89. The Balaban J connectivity index is 2.58. The Morgan fingerprint density at radius 1 is 1.38 bits per heavy atom. The molecule has 0 unspecified atom stereocenters. The Hall–Kier alpha value is -1.04. The molecule has 0 aromatic rings. The van der Waals surface area contributed by atoms with Crippen molar-refractivity contribution in [2.24, 2.45) is 11.8 Å². The van der Waals surface area contributed by atoms with E-state index >= 15 is 0 Å². The third kappa shape index (κ3) is 3.23. The Morgan fingerprint density at radius 2 is 1.94 bits per heavy atom. The lowest BCUT2D eigenvalue weighted by atomic mass is 9.82. The smallest absolute Gasteiger partial charge is 0.226 e. The maximum atomic E-state index is 12.2. The van der Waals surface area contributed by atoms with Crippen molar-refractivity contribution >= 4 is 5.91 Å². The van der Waals surface area contributed by atoms with Gasteiger partial charge in [0.15, 0.2) is 0 Å². The number of amides is 1. The fourth-order valence-corrected chi connectivity index (χ4v) is 2.33. The molecule has 0 N–H and O–H groups in total. The van der Waals surface area contributed by atoms with E-state index < -0.39 is 0 Å². The summed E-state index contributed by atoms with van der Waals surface area (Å²) < 4.78 is 0. The lowest BCUT2D eigenvalue weighted by Gasteiger charge is -2.32. The number of nitriles is 1. The van der Waals surface area contributed by atoms with Gasteiger partial charge in [0.05, 0.1) is 6.07 Å². The maximum absolute atomic E-state index is 12.2. The van der Waals surface area contributed by atoms with E-state index in [0.717, 1.165) is 31.6 Å². The van der Waals surface area contributed by atoms with Crippen LogP contribution in [0.1, 0.15) is 46.5 Å². The van der Waals surface area contributed by atoms with Crippen molar-refractivity contribution in [3.63, 3.8) is 0 Å². The number of nitrogens with zero attached hydrogens (tertiary/aromatic N) is 2. The van der Waals surface area contributed by atoms with Crippen LogP contribution in [0.15, 0.2) is 0 Å². The van der Waals surface area contributed by atoms with Crippen LogP contribution in [0.3, 0.4) is 0 Å². The summed E-state index contributed by atoms with van der Waals surface area (Å²) in [6.45, 7) is 6.42. The Bertz CT molecular complexity index is 272. The zero-order valence-corrected chi connectivity index (χ0v) is 10.6. The molecule has 0 aliphatic heterocycles. The third-order valence-corrected chi connectivity index (χ3v) is 3.51. The summed E-state index contributed by atoms with van der Waals surface area (Å²) in [5, 5.41) is 8.73. The lowest BCUT2D eigenvalue weighted by molar-refractivity contribution is -0.137. The van der Waals surface area contributed by atoms with Gasteiger partial charge in [-0.25, -0.2) is 0 Å². The quantitative estimate of drug-likeness (QED) is 0.689. The summed E-state index contributed by atoms with van der Waals surface area (Å²) in [5.74, 6) is 1.10. The second-order valence-corrected chi connectivity index (χ2v) is 5.17. The minimum atomic E-state index is 0.131. The van der Waals surface area contributed by atoms with Crippen molar-refractivity contribution in [3.05, 3.63) is 0 Å². The topological polar surface area (TPSA) is 44.1 Å². The normalized spacial score (nSPS) is 25.2. The van der Waals surface area contributed by atoms with Crippen LogP contribution < -0.4 is 0 Å². The average molecular weight is 222 g/mol. The molecule has 0 aromatic carbocycles. The number of rotatable bonds is 3. The van der Waals surface area contributed by atoms with E-state index in [4.69, 9.17) is 5.26 Å². The molecule has 1 amide bonds. The van der Waals surface area contributed by atoms with Crippen LogP contribution in [0.25, 0.3) is 0 Å². The summed E-state index contributed by atoms with van der Waals surface area (Å²) in [5.41, 5.74) is 0. The van der Waals surface area contributed by atoms with Gasteiger partial charge in [0, 0.05) is 12.0 Å². The number of hydrogen-bond acceptors (Lipinski definition) is 2. The molecule has 0 saturated heterocycles. The van der Waals surface area contributed by atoms with Gasteiger partial charge >= 0.3 is 0 Å². The fraction of sp³-hybridized carbons (Fsp3) is 0.846. The van der Waals surface area contributed by atoms with Crippen LogP contribution in [0.2, 0.25) is 0 Å². The van der Waals surface area contributed by atoms with Gasteiger partial charge in [0.2, 0.25) is 5.91 Å². The van der Waals surface area contributed by atoms with Gasteiger partial charge in [0.25, 0.3) is 0 Å². The van der Waals surface area contributed by atoms with Crippen LogP contribution in [-0.2, 0) is 4.79 Å². The number of carbonyl (C=O) groups excluding carboxylic acids is 1. The van der Waals surface area contributed by atoms with E-state index in [1.807, 2.05) is 13.8 Å². The van der Waals surface area contributed by atoms with E-state index in [9.17, 15) is 4.79 Å². The Labute approximate surface area is 98.4 Å². The zero-order valence-electron chi connectivity index (χ0n) is 10.6. The molecule has 0 heterocycles. The highest BCUT2D eigenvalue weighted by molar-refractivity contribution is 5.79. The highest BCUT2D eigenvalue weighted by Gasteiger charge is 2.28. The molecule has 90 valence electrons. The van der Waals surface area contributed by atoms with Crippen molar-refractivity contribution in [1.82, 2.24) is 4.90 Å². The molecule has 16 heavy (non-hydrogen) atoms. The molecular formula is C13H22N2O. The predicted octanol–water partition coefficient (Wildman–Crippen LogP) is 2.57. The van der Waals surface area contributed by atoms with Gasteiger partial charge in [-0.3, -0.25) is 4.79 Å². The molecule has 1 aliphatic rings. The molecule has 1 saturated carbocycles. The van der Waals surface area contributed by atoms with Crippen molar-refractivity contribution in [2.75, 3.05) is 6.54 Å². The molecule has 0 spiro atoms. The molecule has 0 aromatic heterocycles. The predicted molar refractivity (Wildman–Crippen MR) is 63.6 cm³/mol. The van der Waals surface area contributed by atoms with Crippen molar-refractivity contribution in [1.29, 1.82) is 5.26 Å². The minimum absolute atomic E-state index is 0.131. The van der Waals surface area contributed by atoms with Crippen LogP contribution >= 0.6 is 0 Å². The van der Waals surface area contributed by atoms with E-state index in [2.05, 4.69) is 13.0 Å². The van der Waals surface area contributed by atoms with E-state index in [1.165, 1.54) is 0 Å². The lowest BCUT2D eigenvalue weighted by Crippen LogP contribution is -2.42. The minimum Gasteiger partial charge on any atom is -0.327 e. The molecule has 1 fully saturated rings.